The lowest BCUT2D eigenvalue weighted by Crippen LogP contribution is -2.54. The van der Waals surface area contributed by atoms with Gasteiger partial charge in [-0.25, -0.2) is 9.97 Å². The van der Waals surface area contributed by atoms with Gasteiger partial charge in [0, 0.05) is 45.7 Å². The number of aliphatic imine (C=N–C) groups is 1. The summed E-state index contributed by atoms with van der Waals surface area (Å²) in [7, 11) is 0. The molecule has 1 aliphatic rings. The van der Waals surface area contributed by atoms with Crippen LogP contribution in [-0.4, -0.2) is 202 Å². The normalized spacial score (nSPS) is 18.0. The summed E-state index contributed by atoms with van der Waals surface area (Å²) in [6.45, 7) is -2.19. The molecule has 15 N–H and O–H groups in total. The van der Waals surface area contributed by atoms with Crippen LogP contribution in [0.2, 0.25) is 5.15 Å². The summed E-state index contributed by atoms with van der Waals surface area (Å²) in [6.07, 6.45) is -9.53. The maximum Gasteiger partial charge on any atom is 0.269 e. The Morgan fingerprint density at radius 1 is 0.773 bits per heavy atom. The lowest BCUT2D eigenvalue weighted by molar-refractivity contribution is -0.138. The first-order valence-electron chi connectivity index (χ1n) is 21.7. The number of amides is 3. The number of carbonyl (C=O) groups excluding carboxylic acids is 3. The van der Waals surface area contributed by atoms with E-state index in [4.69, 9.17) is 33.3 Å². The third-order valence-corrected chi connectivity index (χ3v) is 11.6. The Morgan fingerprint density at radius 3 is 1.83 bits per heavy atom. The second-order valence-corrected chi connectivity index (χ2v) is 16.7. The van der Waals surface area contributed by atoms with E-state index in [1.54, 1.807) is 0 Å². The molecule has 0 spiro atoms. The van der Waals surface area contributed by atoms with Gasteiger partial charge >= 0.3 is 0 Å². The molecule has 0 aliphatic carbocycles. The van der Waals surface area contributed by atoms with E-state index < -0.39 is 93.0 Å². The number of halogens is 1. The predicted octanol–water partition coefficient (Wildman–Crippen LogP) is -3.16. The third-order valence-electron chi connectivity index (χ3n) is 11.4. The Bertz CT molecular complexity index is 2010. The average Bonchev–Trinajstić information content (AvgIpc) is 3.82. The maximum absolute atomic E-state index is 13.4. The van der Waals surface area contributed by atoms with Gasteiger partial charge in [-0.2, -0.15) is 0 Å². The number of nitrogens with zero attached hydrogens (tertiary/aromatic N) is 5. The van der Waals surface area contributed by atoms with Crippen molar-refractivity contribution in [2.75, 3.05) is 52.5 Å². The number of nitrogens with two attached hydrogens (primary N) is 2. The van der Waals surface area contributed by atoms with Gasteiger partial charge in [0.1, 0.15) is 59.3 Å². The molecule has 66 heavy (non-hydrogen) atoms. The summed E-state index contributed by atoms with van der Waals surface area (Å²) in [5, 5.41) is 102. The fourth-order valence-corrected chi connectivity index (χ4v) is 7.62. The zero-order valence-corrected chi connectivity index (χ0v) is 37.2. The van der Waals surface area contributed by atoms with Crippen LogP contribution in [0, 0.1) is 0 Å². The standard InChI is InChI=1S/C44H63ClN8O13/c45-34-20-50-36(37(51-34)43(47)65)42(46)48-16-2-1-4-25-6-11-27(12-7-25)28-13-8-26(9-14-28)10-15-35(60)53-18-3-5-29(53)44(66)49-17-19-52(21-30(56)38(61)40(63)32(58)23-54)22-31(57)39(62)41(64)33(59)24-55/h6-9,11-14,20,29-33,38-41,54-59,61-64H,1-5,10,15-19,21-24H2,(H2,46,48)(H2,47,65)(H,49,66)/t29-,30-,31-,32+,33+,38+,39+,40+,41+/m0/s1. The molecule has 1 aliphatic heterocycles. The molecule has 3 amide bonds. The van der Waals surface area contributed by atoms with Crippen LogP contribution >= 0.6 is 11.6 Å². The molecule has 4 rings (SSSR count). The highest BCUT2D eigenvalue weighted by molar-refractivity contribution is 6.29. The van der Waals surface area contributed by atoms with Gasteiger partial charge in [-0.05, 0) is 60.8 Å². The molecule has 22 heteroatoms. The predicted molar refractivity (Wildman–Crippen MR) is 241 cm³/mol. The monoisotopic (exact) mass is 946 g/mol. The molecule has 2 aromatic carbocycles. The number of carbonyl (C=O) groups is 3. The van der Waals surface area contributed by atoms with Crippen LogP contribution in [0.15, 0.2) is 59.7 Å². The van der Waals surface area contributed by atoms with Gasteiger partial charge in [-0.1, -0.05) is 60.1 Å². The summed E-state index contributed by atoms with van der Waals surface area (Å²) < 4.78 is 0. The fourth-order valence-electron chi connectivity index (χ4n) is 7.49. The van der Waals surface area contributed by atoms with Gasteiger partial charge in [-0.3, -0.25) is 24.3 Å². The van der Waals surface area contributed by atoms with Crippen molar-refractivity contribution in [3.05, 3.63) is 82.4 Å². The lowest BCUT2D eigenvalue weighted by atomic mass is 9.99. The van der Waals surface area contributed by atoms with Gasteiger partial charge < -0.3 is 72.7 Å². The van der Waals surface area contributed by atoms with E-state index in [2.05, 4.69) is 32.4 Å². The average molecular weight is 947 g/mol. The molecular weight excluding hydrogens is 884 g/mol. The summed E-state index contributed by atoms with van der Waals surface area (Å²) in [6, 6.07) is 15.4. The quantitative estimate of drug-likeness (QED) is 0.0204. The molecule has 0 saturated carbocycles. The minimum Gasteiger partial charge on any atom is -0.394 e. The Morgan fingerprint density at radius 2 is 1.30 bits per heavy atom. The van der Waals surface area contributed by atoms with Crippen LogP contribution < -0.4 is 16.8 Å². The number of aryl methyl sites for hydroxylation is 2. The van der Waals surface area contributed by atoms with Crippen molar-refractivity contribution in [1.29, 1.82) is 0 Å². The van der Waals surface area contributed by atoms with Crippen molar-refractivity contribution in [2.45, 2.75) is 99.8 Å². The second-order valence-electron chi connectivity index (χ2n) is 16.3. The van der Waals surface area contributed by atoms with Gasteiger partial charge in [0.25, 0.3) is 5.91 Å². The zero-order valence-electron chi connectivity index (χ0n) is 36.5. The lowest BCUT2D eigenvalue weighted by Gasteiger charge is -2.33. The summed E-state index contributed by atoms with van der Waals surface area (Å²) >= 11 is 5.81. The van der Waals surface area contributed by atoms with E-state index in [9.17, 15) is 55.2 Å². The van der Waals surface area contributed by atoms with Gasteiger partial charge in [0.15, 0.2) is 5.69 Å². The Kier molecular flexibility index (Phi) is 21.7. The van der Waals surface area contributed by atoms with Gasteiger partial charge in [-0.15, -0.1) is 0 Å². The first-order valence-corrected chi connectivity index (χ1v) is 22.1. The smallest absolute Gasteiger partial charge is 0.269 e. The number of aliphatic hydroxyl groups is 10. The van der Waals surface area contributed by atoms with E-state index in [-0.39, 0.29) is 47.8 Å². The maximum atomic E-state index is 13.4. The SMILES string of the molecule is NC(=O)c1nc(Cl)cnc1C(N)=NCCCCc1ccc(-c2ccc(CCC(=O)N3CCC[C@H]3C(=O)NCCN(C[C@H](O)[C@@H](O)[C@H](O)[C@H](O)CO)C[C@H](O)[C@@H](O)[C@H](O)[C@H](O)CO)cc2)cc1. The van der Waals surface area contributed by atoms with Crippen LogP contribution in [0.5, 0.6) is 0 Å². The molecule has 0 bridgehead atoms. The number of aromatic nitrogens is 2. The number of likely N-dealkylation sites (tertiary alicyclic amines) is 1. The number of benzene rings is 2. The number of primary amides is 1. The number of hydrogen-bond acceptors (Lipinski definition) is 17. The largest absolute Gasteiger partial charge is 0.394 e. The van der Waals surface area contributed by atoms with Gasteiger partial charge in [0.05, 0.1) is 31.6 Å². The molecule has 9 atom stereocenters. The minimum atomic E-state index is -1.95. The van der Waals surface area contributed by atoms with Crippen LogP contribution in [0.25, 0.3) is 11.1 Å². The van der Waals surface area contributed by atoms with Crippen molar-refractivity contribution in [2.24, 2.45) is 16.5 Å². The molecule has 0 unspecified atom stereocenters. The first-order chi connectivity index (χ1) is 31.4. The number of rotatable bonds is 27. The van der Waals surface area contributed by atoms with Crippen LogP contribution in [0.4, 0.5) is 0 Å². The molecule has 1 saturated heterocycles. The van der Waals surface area contributed by atoms with E-state index in [0.29, 0.717) is 32.4 Å². The molecule has 3 aromatic rings. The Labute approximate surface area is 387 Å². The number of aliphatic hydroxyl groups excluding tert-OH is 10. The van der Waals surface area contributed by atoms with Crippen LogP contribution in [0.3, 0.4) is 0 Å². The highest BCUT2D eigenvalue weighted by atomic mass is 35.5. The molecule has 1 fully saturated rings. The van der Waals surface area contributed by atoms with E-state index in [0.717, 1.165) is 41.5 Å². The highest BCUT2D eigenvalue weighted by Gasteiger charge is 2.36. The van der Waals surface area contributed by atoms with Gasteiger partial charge in [0.2, 0.25) is 11.8 Å². The number of unbranched alkanes of at least 4 members (excludes halogenated alkanes) is 1. The van der Waals surface area contributed by atoms with Crippen molar-refractivity contribution in [1.82, 2.24) is 25.1 Å². The van der Waals surface area contributed by atoms with Crippen molar-refractivity contribution in [3.8, 4) is 11.1 Å². The van der Waals surface area contributed by atoms with Crippen molar-refractivity contribution in [3.63, 3.8) is 0 Å². The van der Waals surface area contributed by atoms with Crippen molar-refractivity contribution >= 4 is 35.2 Å². The molecule has 21 nitrogen and oxygen atoms in total. The Balaban J connectivity index is 1.24. The summed E-state index contributed by atoms with van der Waals surface area (Å²) in [5.74, 6) is -1.38. The van der Waals surface area contributed by atoms with E-state index in [1.807, 2.05) is 36.4 Å². The molecule has 2 heterocycles. The topological polar surface area (TPSA) is 362 Å². The molecule has 0 radical (unpaired) electrons. The highest BCUT2D eigenvalue weighted by Crippen LogP contribution is 2.23. The minimum absolute atomic E-state index is 0.0227. The van der Waals surface area contributed by atoms with Crippen LogP contribution in [0.1, 0.15) is 59.4 Å². The van der Waals surface area contributed by atoms with E-state index >= 15 is 0 Å². The number of hydrogen-bond donors (Lipinski definition) is 13. The fraction of sp³-hybridized carbons (Fsp3) is 0.545. The zero-order chi connectivity index (χ0) is 48.5. The van der Waals surface area contributed by atoms with Crippen LogP contribution in [-0.2, 0) is 22.4 Å². The second kappa shape index (κ2) is 26.6. The number of amidine groups is 1. The first kappa shape index (κ1) is 53.9. The summed E-state index contributed by atoms with van der Waals surface area (Å²) in [5.41, 5.74) is 15.5. The summed E-state index contributed by atoms with van der Waals surface area (Å²) in [4.78, 5) is 53.5. The van der Waals surface area contributed by atoms with E-state index in [1.165, 1.54) is 16.0 Å². The molecular formula is C44H63ClN8O13. The molecule has 364 valence electrons. The number of nitrogens with one attached hydrogen (secondary N) is 1. The molecule has 1 aromatic heterocycles. The Hall–Kier alpha value is -4.75. The third kappa shape index (κ3) is 15.7. The van der Waals surface area contributed by atoms with Crippen molar-refractivity contribution < 1.29 is 65.4 Å².